The molecule has 16 atom stereocenters. The Kier molecular flexibility index (Phi) is 11.8. The van der Waals surface area contributed by atoms with E-state index in [-0.39, 0.29) is 52.6 Å². The van der Waals surface area contributed by atoms with Crippen molar-refractivity contribution < 1.29 is 24.9 Å². The fraction of sp³-hybridized carbons (Fsp3) is 0.759. The van der Waals surface area contributed by atoms with E-state index >= 15 is 0 Å². The van der Waals surface area contributed by atoms with Crippen LogP contribution in [0.1, 0.15) is 155 Å². The van der Waals surface area contributed by atoms with Crippen molar-refractivity contribution in [2.24, 2.45) is 69.5 Å². The van der Waals surface area contributed by atoms with E-state index in [0.29, 0.717) is 48.5 Å². The lowest BCUT2D eigenvalue weighted by molar-refractivity contribution is -0.209. The molecule has 6 nitrogen and oxygen atoms in total. The van der Waals surface area contributed by atoms with E-state index in [4.69, 9.17) is 4.74 Å². The van der Waals surface area contributed by atoms with Crippen LogP contribution in [-0.4, -0.2) is 59.8 Å². The summed E-state index contributed by atoms with van der Waals surface area (Å²) in [6.45, 7) is 13.1. The van der Waals surface area contributed by atoms with Crippen LogP contribution in [0.3, 0.4) is 0 Å². The Morgan fingerprint density at radius 2 is 1.73 bits per heavy atom. The summed E-state index contributed by atoms with van der Waals surface area (Å²) in [6, 6.07) is 9.62. The van der Waals surface area contributed by atoms with E-state index in [1.54, 1.807) is 11.1 Å². The van der Waals surface area contributed by atoms with Crippen molar-refractivity contribution in [2.75, 3.05) is 25.1 Å². The van der Waals surface area contributed by atoms with Gasteiger partial charge in [-0.15, -0.1) is 5.92 Å². The highest BCUT2D eigenvalue weighted by Gasteiger charge is 2.66. The molecule has 1 aromatic carbocycles. The molecule has 8 aliphatic carbocycles. The standard InChI is InChI=1S/C54H77NO5/c1-7-10-36-17-21-44-41-20-16-34-11-8-9-12-40(34)50(41)42(32-53(36,44)4)35-14-18-38(19-15-35)55(6)27-28-60-39-25-26-52(3)37(29-39)30-47(56)51-45-23-22-43(33(2)13-24-49(58)59)54(45,5)48(57)31-46(51)52/h11,14-15,18-19,33,36-37,39,41-48,51,56-57H,8-9,12-13,16-17,20-32H2,1-6H3,(H,58,59)/t33-,36+,37+,39+,41?,42+,43-,44?,45+,46+,47-,48+,51+,52+,53-,54-/m1/s1. The van der Waals surface area contributed by atoms with Crippen LogP contribution in [0, 0.1) is 81.3 Å². The number of nitrogens with zero attached hydrogens (tertiary/aromatic N) is 1. The van der Waals surface area contributed by atoms with Crippen LogP contribution in [-0.2, 0) is 9.53 Å². The monoisotopic (exact) mass is 820 g/mol. The summed E-state index contributed by atoms with van der Waals surface area (Å²) in [7, 11) is 2.20. The highest BCUT2D eigenvalue weighted by Crippen LogP contribution is 2.69. The van der Waals surface area contributed by atoms with Crippen molar-refractivity contribution in [3.8, 4) is 11.8 Å². The lowest BCUT2D eigenvalue weighted by Gasteiger charge is -2.63. The number of carboxylic acid groups (broad SMARTS) is 1. The number of benzene rings is 1. The van der Waals surface area contributed by atoms with Gasteiger partial charge in [-0.2, -0.15) is 0 Å². The quantitative estimate of drug-likeness (QED) is 0.204. The average Bonchev–Trinajstić information content (AvgIpc) is 3.77. The number of aliphatic carboxylic acids is 1. The van der Waals surface area contributed by atoms with Gasteiger partial charge in [-0.05, 0) is 202 Å². The minimum atomic E-state index is -0.738. The Labute approximate surface area is 362 Å². The second kappa shape index (κ2) is 16.5. The second-order valence-corrected chi connectivity index (χ2v) is 22.4. The molecule has 8 aliphatic rings. The first-order valence-electron chi connectivity index (χ1n) is 24.6. The van der Waals surface area contributed by atoms with Crippen LogP contribution in [0.4, 0.5) is 5.69 Å². The summed E-state index contributed by atoms with van der Waals surface area (Å²) < 4.78 is 6.70. The largest absolute Gasteiger partial charge is 0.481 e. The molecule has 1 aromatic rings. The molecular formula is C54H77NO5. The maximum Gasteiger partial charge on any atom is 0.303 e. The summed E-state index contributed by atoms with van der Waals surface area (Å²) in [6.07, 6.45) is 19.8. The van der Waals surface area contributed by atoms with Gasteiger partial charge in [0, 0.05) is 37.5 Å². The fourth-order valence-electron chi connectivity index (χ4n) is 16.7. The third-order valence-electron chi connectivity index (χ3n) is 19.9. The fourth-order valence-corrected chi connectivity index (χ4v) is 16.7. The number of fused-ring (bicyclic) bond motifs is 9. The number of ether oxygens (including phenoxy) is 1. The van der Waals surface area contributed by atoms with Crippen molar-refractivity contribution in [1.82, 2.24) is 0 Å². The molecule has 6 heteroatoms. The molecule has 0 aromatic heterocycles. The number of carbonyl (C=O) groups is 1. The summed E-state index contributed by atoms with van der Waals surface area (Å²) in [5.41, 5.74) is 8.08. The van der Waals surface area contributed by atoms with E-state index in [2.05, 4.69) is 81.8 Å². The Balaban J connectivity index is 0.830. The molecule has 2 unspecified atom stereocenters. The normalized spacial score (nSPS) is 43.5. The maximum atomic E-state index is 12.0. The molecule has 0 spiro atoms. The number of rotatable bonds is 10. The minimum absolute atomic E-state index is 0.0969. The van der Waals surface area contributed by atoms with Gasteiger partial charge in [0.2, 0.25) is 0 Å². The zero-order chi connectivity index (χ0) is 42.1. The van der Waals surface area contributed by atoms with E-state index in [1.165, 1.54) is 62.6 Å². The van der Waals surface area contributed by atoms with Gasteiger partial charge < -0.3 is 25.0 Å². The molecule has 328 valence electrons. The molecular weight excluding hydrogens is 743 g/mol. The highest BCUT2D eigenvalue weighted by atomic mass is 16.5. The number of carboxylic acids is 1. The van der Waals surface area contributed by atoms with E-state index in [9.17, 15) is 20.1 Å². The lowest BCUT2D eigenvalue weighted by atomic mass is 9.43. The second-order valence-electron chi connectivity index (χ2n) is 22.4. The lowest BCUT2D eigenvalue weighted by Crippen LogP contribution is -2.62. The van der Waals surface area contributed by atoms with Gasteiger partial charge >= 0.3 is 5.97 Å². The molecule has 3 N–H and O–H groups in total. The van der Waals surface area contributed by atoms with Crippen molar-refractivity contribution in [2.45, 2.75) is 168 Å². The van der Waals surface area contributed by atoms with Crippen LogP contribution in [0.5, 0.6) is 0 Å². The van der Waals surface area contributed by atoms with Crippen LogP contribution in [0.15, 0.2) is 47.1 Å². The van der Waals surface area contributed by atoms with Crippen LogP contribution >= 0.6 is 0 Å². The van der Waals surface area contributed by atoms with Gasteiger partial charge in [-0.1, -0.05) is 57.4 Å². The minimum Gasteiger partial charge on any atom is -0.481 e. The summed E-state index contributed by atoms with van der Waals surface area (Å²) in [5, 5.41) is 33.3. The maximum absolute atomic E-state index is 12.0. The number of aliphatic hydroxyl groups excluding tert-OH is 2. The van der Waals surface area contributed by atoms with Crippen molar-refractivity contribution in [3.63, 3.8) is 0 Å². The van der Waals surface area contributed by atoms with Crippen molar-refractivity contribution in [3.05, 3.63) is 52.6 Å². The topological polar surface area (TPSA) is 90.2 Å². The zero-order valence-corrected chi connectivity index (χ0v) is 37.9. The molecule has 0 amide bonds. The van der Waals surface area contributed by atoms with E-state index < -0.39 is 12.1 Å². The Bertz CT molecular complexity index is 1890. The van der Waals surface area contributed by atoms with Crippen LogP contribution < -0.4 is 4.90 Å². The predicted molar refractivity (Wildman–Crippen MR) is 240 cm³/mol. The number of hydrogen-bond donors (Lipinski definition) is 3. The zero-order valence-electron chi connectivity index (χ0n) is 37.9. The van der Waals surface area contributed by atoms with Gasteiger partial charge in [-0.3, -0.25) is 4.79 Å². The number of aliphatic hydroxyl groups is 2. The first-order chi connectivity index (χ1) is 28.8. The van der Waals surface area contributed by atoms with Gasteiger partial charge in [0.1, 0.15) is 0 Å². The molecule has 0 bridgehead atoms. The summed E-state index contributed by atoms with van der Waals surface area (Å²) in [5.74, 6) is 10.5. The number of anilines is 1. The van der Waals surface area contributed by atoms with Gasteiger partial charge in [-0.25, -0.2) is 0 Å². The van der Waals surface area contributed by atoms with Crippen molar-refractivity contribution in [1.29, 1.82) is 0 Å². The average molecular weight is 820 g/mol. The van der Waals surface area contributed by atoms with E-state index in [0.717, 1.165) is 57.4 Å². The number of hydrogen-bond acceptors (Lipinski definition) is 5. The van der Waals surface area contributed by atoms with E-state index in [1.807, 2.05) is 12.5 Å². The molecule has 6 saturated carbocycles. The number of likely N-dealkylation sites (N-methyl/N-ethyl adjacent to an activating group) is 1. The van der Waals surface area contributed by atoms with Gasteiger partial charge in [0.15, 0.2) is 0 Å². The third kappa shape index (κ3) is 7.06. The van der Waals surface area contributed by atoms with Crippen LogP contribution in [0.2, 0.25) is 0 Å². The van der Waals surface area contributed by atoms with Crippen molar-refractivity contribution >= 4 is 11.7 Å². The highest BCUT2D eigenvalue weighted by molar-refractivity contribution is 5.66. The Morgan fingerprint density at radius 3 is 2.50 bits per heavy atom. The van der Waals surface area contributed by atoms with Crippen LogP contribution in [0.25, 0.3) is 0 Å². The van der Waals surface area contributed by atoms with Gasteiger partial charge in [0.05, 0.1) is 24.9 Å². The summed E-state index contributed by atoms with van der Waals surface area (Å²) >= 11 is 0. The molecule has 0 aliphatic heterocycles. The molecule has 6 fully saturated rings. The molecule has 60 heavy (non-hydrogen) atoms. The smallest absolute Gasteiger partial charge is 0.303 e. The third-order valence-corrected chi connectivity index (χ3v) is 19.9. The Morgan fingerprint density at radius 1 is 0.950 bits per heavy atom. The molecule has 9 rings (SSSR count). The number of allylic oxidation sites excluding steroid dienone is 4. The van der Waals surface area contributed by atoms with Gasteiger partial charge in [0.25, 0.3) is 0 Å². The molecule has 0 radical (unpaired) electrons. The summed E-state index contributed by atoms with van der Waals surface area (Å²) in [4.78, 5) is 13.7. The first-order valence-corrected chi connectivity index (χ1v) is 24.6. The first kappa shape index (κ1) is 42.7. The SMILES string of the molecule is CC#C[C@H]1CCC2C3CCC4=CCCCC4=C3[C@H](c3ccc(N(C)CCO[C@H]4CC[C@@]5(C)[C@@H](C4)C[C@@H](O)[C@@H]4[C@@H]5C[C@H](O)[C@]5(C)[C@@H]([C@H](C)CCC(=O)O)CC[C@@H]45)cc3)C[C@@]21C. The molecule has 0 saturated heterocycles. The predicted octanol–water partition coefficient (Wildman–Crippen LogP) is 11.0. The Hall–Kier alpha value is -2.59. The molecule has 0 heterocycles.